The summed E-state index contributed by atoms with van der Waals surface area (Å²) in [4.78, 5) is 28.5. The number of anilines is 1. The third-order valence-electron chi connectivity index (χ3n) is 6.21. The van der Waals surface area contributed by atoms with Crippen molar-refractivity contribution in [1.82, 2.24) is 14.6 Å². The van der Waals surface area contributed by atoms with Crippen LogP contribution in [0, 0.1) is 0 Å². The van der Waals surface area contributed by atoms with Crippen LogP contribution in [0.2, 0.25) is 0 Å². The van der Waals surface area contributed by atoms with Crippen LogP contribution in [0.15, 0.2) is 82.4 Å². The molecule has 37 heavy (non-hydrogen) atoms. The van der Waals surface area contributed by atoms with Crippen molar-refractivity contribution >= 4 is 38.7 Å². The summed E-state index contributed by atoms with van der Waals surface area (Å²) in [5.74, 6) is -0.400. The first-order valence-electron chi connectivity index (χ1n) is 11.7. The lowest BCUT2D eigenvalue weighted by Gasteiger charge is -2.22. The molecule has 0 bridgehead atoms. The Morgan fingerprint density at radius 3 is 2.68 bits per heavy atom. The van der Waals surface area contributed by atoms with Gasteiger partial charge in [0, 0.05) is 36.3 Å². The van der Waals surface area contributed by atoms with Crippen LogP contribution in [0.25, 0.3) is 22.2 Å². The number of aromatic nitrogens is 1. The van der Waals surface area contributed by atoms with Gasteiger partial charge in [-0.1, -0.05) is 36.4 Å². The van der Waals surface area contributed by atoms with Gasteiger partial charge < -0.3 is 14.8 Å². The number of rotatable bonds is 7. The Labute approximate surface area is 213 Å². The second-order valence-electron chi connectivity index (χ2n) is 8.62. The van der Waals surface area contributed by atoms with Crippen LogP contribution < -0.4 is 10.6 Å². The zero-order valence-corrected chi connectivity index (χ0v) is 20.4. The first-order chi connectivity index (χ1) is 17.8. The van der Waals surface area contributed by atoms with Crippen LogP contribution in [0.4, 0.5) is 10.5 Å². The molecule has 5 rings (SSSR count). The number of para-hydroxylation sites is 2. The Morgan fingerprint density at radius 1 is 1.08 bits per heavy atom. The maximum absolute atomic E-state index is 13.3. The van der Waals surface area contributed by atoms with Crippen LogP contribution in [0.1, 0.15) is 18.4 Å². The fraction of sp³-hybridized carbons (Fsp3) is 0.192. The summed E-state index contributed by atoms with van der Waals surface area (Å²) in [6.07, 6.45) is 1.35. The second-order valence-corrected chi connectivity index (χ2v) is 10.4. The van der Waals surface area contributed by atoms with E-state index in [1.54, 1.807) is 66.9 Å². The largest absolute Gasteiger partial charge is 0.465 e. The monoisotopic (exact) mass is 520 g/mol. The molecule has 1 fully saturated rings. The van der Waals surface area contributed by atoms with Gasteiger partial charge in [0.1, 0.15) is 11.6 Å². The number of fused-ring (bicyclic) bond motifs is 1. The summed E-state index contributed by atoms with van der Waals surface area (Å²) in [6.45, 7) is 0.377. The van der Waals surface area contributed by atoms with E-state index in [-0.39, 0.29) is 18.2 Å². The van der Waals surface area contributed by atoms with E-state index in [2.05, 4.69) is 15.6 Å². The van der Waals surface area contributed by atoms with Gasteiger partial charge in [-0.2, -0.15) is 4.31 Å². The minimum absolute atomic E-state index is 0.151. The normalized spacial score (nSPS) is 16.1. The van der Waals surface area contributed by atoms with Crippen LogP contribution in [-0.4, -0.2) is 47.4 Å². The number of hydrogen-bond acceptors (Lipinski definition) is 6. The van der Waals surface area contributed by atoms with Crippen LogP contribution >= 0.6 is 0 Å². The van der Waals surface area contributed by atoms with Crippen molar-refractivity contribution in [1.29, 1.82) is 0 Å². The number of sulfonamides is 1. The van der Waals surface area contributed by atoms with Crippen molar-refractivity contribution in [3.8, 4) is 11.3 Å². The number of carbonyl (C=O) groups is 2. The molecule has 0 aliphatic carbocycles. The lowest BCUT2D eigenvalue weighted by Crippen LogP contribution is -2.45. The molecule has 1 atom stereocenters. The Hall–Kier alpha value is -4.22. The maximum atomic E-state index is 13.3. The van der Waals surface area contributed by atoms with Gasteiger partial charge >= 0.3 is 6.09 Å². The van der Waals surface area contributed by atoms with Gasteiger partial charge in [0.25, 0.3) is 10.0 Å². The third-order valence-corrected chi connectivity index (χ3v) is 7.97. The molecule has 3 heterocycles. The highest BCUT2D eigenvalue weighted by atomic mass is 32.2. The predicted octanol–water partition coefficient (Wildman–Crippen LogP) is 4.05. The van der Waals surface area contributed by atoms with Crippen molar-refractivity contribution in [2.24, 2.45) is 0 Å². The maximum Gasteiger partial charge on any atom is 0.409 e. The molecule has 1 aliphatic rings. The molecule has 2 aromatic carbocycles. The van der Waals surface area contributed by atoms with Gasteiger partial charge in [-0.15, -0.1) is 0 Å². The molecule has 0 unspecified atom stereocenters. The topological polar surface area (TPSA) is 142 Å². The standard InChI is InChI=1S/C26H24N4O6S/c31-25(22-9-5-13-30(22)37(34,35)24-15-18-6-1-4-10-23(18)36-24)28-16-17-11-12-27-21(14-17)19-7-2-3-8-20(19)29-26(32)33/h1-4,6-8,10-12,14-15,22,29H,5,9,13,16H2,(H,28,31)(H,32,33)/t22-/m0/s1. The van der Waals surface area contributed by atoms with Crippen molar-refractivity contribution in [3.05, 3.63) is 78.5 Å². The highest BCUT2D eigenvalue weighted by Crippen LogP contribution is 2.30. The fourth-order valence-corrected chi connectivity index (χ4v) is 6.07. The number of carbonyl (C=O) groups excluding carboxylic acids is 1. The molecular weight excluding hydrogens is 496 g/mol. The highest BCUT2D eigenvalue weighted by molar-refractivity contribution is 7.89. The number of hydrogen-bond donors (Lipinski definition) is 3. The van der Waals surface area contributed by atoms with E-state index in [0.717, 1.165) is 5.56 Å². The molecule has 2 amide bonds. The smallest absolute Gasteiger partial charge is 0.409 e. The molecule has 0 spiro atoms. The van der Waals surface area contributed by atoms with Gasteiger partial charge in [0.05, 0.1) is 11.4 Å². The molecule has 10 nitrogen and oxygen atoms in total. The summed E-state index contributed by atoms with van der Waals surface area (Å²) in [5, 5.41) is 14.8. The Morgan fingerprint density at radius 2 is 1.86 bits per heavy atom. The number of nitrogens with one attached hydrogen (secondary N) is 2. The number of furan rings is 1. The van der Waals surface area contributed by atoms with Gasteiger partial charge in [0.15, 0.2) is 0 Å². The average Bonchev–Trinajstić information content (AvgIpc) is 3.56. The van der Waals surface area contributed by atoms with Crippen molar-refractivity contribution in [2.75, 3.05) is 11.9 Å². The SMILES string of the molecule is O=C(O)Nc1ccccc1-c1cc(CNC(=O)[C@@H]2CCCN2S(=O)(=O)c2cc3ccccc3o2)ccn1. The number of pyridine rings is 1. The molecule has 0 radical (unpaired) electrons. The zero-order valence-electron chi connectivity index (χ0n) is 19.6. The number of carboxylic acid groups (broad SMARTS) is 1. The fourth-order valence-electron chi connectivity index (χ4n) is 4.46. The van der Waals surface area contributed by atoms with Gasteiger partial charge in [-0.05, 0) is 42.7 Å². The van der Waals surface area contributed by atoms with Crippen molar-refractivity contribution in [2.45, 2.75) is 30.5 Å². The third kappa shape index (κ3) is 5.04. The van der Waals surface area contributed by atoms with E-state index in [1.807, 2.05) is 0 Å². The van der Waals surface area contributed by atoms with E-state index in [0.29, 0.717) is 40.8 Å². The summed E-state index contributed by atoms with van der Waals surface area (Å²) >= 11 is 0. The second kappa shape index (κ2) is 10.0. The first-order valence-corrected chi connectivity index (χ1v) is 13.1. The number of amides is 2. The van der Waals surface area contributed by atoms with Crippen LogP contribution in [0.3, 0.4) is 0 Å². The quantitative estimate of drug-likeness (QED) is 0.334. The van der Waals surface area contributed by atoms with E-state index in [1.165, 1.54) is 10.4 Å². The summed E-state index contributed by atoms with van der Waals surface area (Å²) in [6, 6.07) is 18.0. The predicted molar refractivity (Wildman–Crippen MR) is 136 cm³/mol. The molecule has 3 N–H and O–H groups in total. The van der Waals surface area contributed by atoms with Gasteiger partial charge in [-0.3, -0.25) is 15.1 Å². The highest BCUT2D eigenvalue weighted by Gasteiger charge is 2.41. The minimum atomic E-state index is -3.99. The van der Waals surface area contributed by atoms with E-state index in [4.69, 9.17) is 9.52 Å². The average molecular weight is 521 g/mol. The zero-order chi connectivity index (χ0) is 26.0. The van der Waals surface area contributed by atoms with Crippen LogP contribution in [-0.2, 0) is 21.4 Å². The van der Waals surface area contributed by atoms with Gasteiger partial charge in [-0.25, -0.2) is 13.2 Å². The van der Waals surface area contributed by atoms with E-state index < -0.39 is 28.1 Å². The Bertz CT molecular complexity index is 1550. The summed E-state index contributed by atoms with van der Waals surface area (Å²) in [5.41, 5.74) is 2.71. The lowest BCUT2D eigenvalue weighted by molar-refractivity contribution is -0.124. The summed E-state index contributed by atoms with van der Waals surface area (Å²) in [7, 11) is -3.99. The molecule has 190 valence electrons. The molecule has 1 aliphatic heterocycles. The Kier molecular flexibility index (Phi) is 6.64. The Balaban J connectivity index is 1.31. The molecule has 0 saturated carbocycles. The van der Waals surface area contributed by atoms with Gasteiger partial charge in [0.2, 0.25) is 11.0 Å². The lowest BCUT2D eigenvalue weighted by atomic mass is 10.1. The summed E-state index contributed by atoms with van der Waals surface area (Å²) < 4.78 is 33.4. The van der Waals surface area contributed by atoms with Crippen molar-refractivity contribution in [3.63, 3.8) is 0 Å². The van der Waals surface area contributed by atoms with E-state index in [9.17, 15) is 18.0 Å². The molecule has 1 saturated heterocycles. The van der Waals surface area contributed by atoms with Crippen LogP contribution in [0.5, 0.6) is 0 Å². The van der Waals surface area contributed by atoms with Crippen molar-refractivity contribution < 1.29 is 27.5 Å². The molecule has 4 aromatic rings. The first kappa shape index (κ1) is 24.5. The number of benzene rings is 2. The molecular formula is C26H24N4O6S. The molecule has 11 heteroatoms. The number of nitrogens with zero attached hydrogens (tertiary/aromatic N) is 2. The van der Waals surface area contributed by atoms with E-state index >= 15 is 0 Å². The molecule has 2 aromatic heterocycles. The minimum Gasteiger partial charge on any atom is -0.465 e.